The molecule has 0 radical (unpaired) electrons. The normalized spacial score (nSPS) is 10.8. The van der Waals surface area contributed by atoms with Crippen molar-refractivity contribution in [1.82, 2.24) is 19.7 Å². The van der Waals surface area contributed by atoms with Crippen molar-refractivity contribution in [1.29, 1.82) is 0 Å². The third-order valence-electron chi connectivity index (χ3n) is 3.62. The maximum Gasteiger partial charge on any atom is 0.269 e. The van der Waals surface area contributed by atoms with Gasteiger partial charge >= 0.3 is 0 Å². The summed E-state index contributed by atoms with van der Waals surface area (Å²) in [4.78, 5) is 20.4. The van der Waals surface area contributed by atoms with Gasteiger partial charge in [-0.05, 0) is 24.6 Å². The number of nitrogen functional groups attached to an aromatic ring is 1. The lowest BCUT2D eigenvalue weighted by atomic mass is 10.0. The first-order chi connectivity index (χ1) is 11.4. The summed E-state index contributed by atoms with van der Waals surface area (Å²) in [7, 11) is 1.76. The zero-order valence-corrected chi connectivity index (χ0v) is 13.2. The molecule has 5 N–H and O–H groups in total. The molecule has 3 rings (SSSR count). The minimum Gasteiger partial charge on any atom is -0.508 e. The number of nitrogens with zero attached hydrogens (tertiary/aromatic N) is 4. The van der Waals surface area contributed by atoms with Crippen molar-refractivity contribution in [2.45, 2.75) is 6.92 Å². The second-order valence-corrected chi connectivity index (χ2v) is 5.42. The molecule has 2 aromatic heterocycles. The van der Waals surface area contributed by atoms with E-state index in [0.717, 1.165) is 5.56 Å². The Morgan fingerprint density at radius 2 is 2.04 bits per heavy atom. The fraction of sp³-hybridized carbons (Fsp3) is 0.125. The average molecular weight is 324 g/mol. The largest absolute Gasteiger partial charge is 0.508 e. The van der Waals surface area contributed by atoms with Crippen molar-refractivity contribution in [3.05, 3.63) is 41.9 Å². The molecule has 0 bridgehead atoms. The highest BCUT2D eigenvalue weighted by Gasteiger charge is 2.20. The fourth-order valence-electron chi connectivity index (χ4n) is 2.39. The number of benzene rings is 1. The molecule has 0 saturated carbocycles. The Hall–Kier alpha value is -3.42. The van der Waals surface area contributed by atoms with Gasteiger partial charge in [0.15, 0.2) is 11.5 Å². The van der Waals surface area contributed by atoms with E-state index in [1.807, 2.05) is 6.92 Å². The van der Waals surface area contributed by atoms with E-state index < -0.39 is 5.91 Å². The first-order valence-corrected chi connectivity index (χ1v) is 7.13. The predicted molar refractivity (Wildman–Crippen MR) is 89.0 cm³/mol. The highest BCUT2D eigenvalue weighted by atomic mass is 16.3. The van der Waals surface area contributed by atoms with Gasteiger partial charge in [0.1, 0.15) is 5.75 Å². The number of hydrogen-bond donors (Lipinski definition) is 3. The maximum absolute atomic E-state index is 11.7. The molecule has 2 heterocycles. The van der Waals surface area contributed by atoms with Crippen LogP contribution in [0, 0.1) is 6.92 Å². The number of primary amides is 1. The first kappa shape index (κ1) is 15.5. The summed E-state index contributed by atoms with van der Waals surface area (Å²) in [6.07, 6.45) is 3.30. The van der Waals surface area contributed by atoms with E-state index in [0.29, 0.717) is 16.8 Å². The molecule has 0 spiro atoms. The SMILES string of the molecule is Cc1ccc(O)cc1-c1nc(-c2cnn(C)c2)nc(C(N)=O)c1N. The lowest BCUT2D eigenvalue weighted by Crippen LogP contribution is -2.18. The minimum absolute atomic E-state index is 0.0668. The summed E-state index contributed by atoms with van der Waals surface area (Å²) in [6.45, 7) is 1.85. The van der Waals surface area contributed by atoms with Gasteiger partial charge in [0.05, 0.1) is 23.1 Å². The van der Waals surface area contributed by atoms with Crippen LogP contribution in [0.25, 0.3) is 22.6 Å². The van der Waals surface area contributed by atoms with E-state index in [2.05, 4.69) is 15.1 Å². The summed E-state index contributed by atoms with van der Waals surface area (Å²) < 4.78 is 1.60. The van der Waals surface area contributed by atoms with Crippen molar-refractivity contribution >= 4 is 11.6 Å². The quantitative estimate of drug-likeness (QED) is 0.664. The van der Waals surface area contributed by atoms with Crippen LogP contribution >= 0.6 is 0 Å². The van der Waals surface area contributed by atoms with Crippen LogP contribution < -0.4 is 11.5 Å². The number of aromatic nitrogens is 4. The number of amides is 1. The zero-order valence-electron chi connectivity index (χ0n) is 13.2. The third kappa shape index (κ3) is 2.65. The minimum atomic E-state index is -0.751. The number of aromatic hydroxyl groups is 1. The second kappa shape index (κ2) is 5.65. The van der Waals surface area contributed by atoms with Crippen LogP contribution in [0.15, 0.2) is 30.6 Å². The predicted octanol–water partition coefficient (Wildman–Crippen LogP) is 1.24. The molecular weight excluding hydrogens is 308 g/mol. The molecule has 3 aromatic rings. The Morgan fingerprint density at radius 3 is 2.67 bits per heavy atom. The molecule has 0 unspecified atom stereocenters. The van der Waals surface area contributed by atoms with Gasteiger partial charge in [-0.2, -0.15) is 5.10 Å². The number of phenolic OH excluding ortho intramolecular Hbond substituents is 1. The highest BCUT2D eigenvalue weighted by molar-refractivity contribution is 5.99. The Bertz CT molecular complexity index is 948. The van der Waals surface area contributed by atoms with Crippen LogP contribution in [-0.4, -0.2) is 30.8 Å². The number of rotatable bonds is 3. The van der Waals surface area contributed by atoms with E-state index >= 15 is 0 Å². The van der Waals surface area contributed by atoms with Gasteiger partial charge in [0.25, 0.3) is 5.91 Å². The summed E-state index contributed by atoms with van der Waals surface area (Å²) >= 11 is 0. The number of hydrogen-bond acceptors (Lipinski definition) is 6. The molecule has 1 amide bonds. The molecule has 0 saturated heterocycles. The monoisotopic (exact) mass is 324 g/mol. The van der Waals surface area contributed by atoms with Gasteiger partial charge in [-0.3, -0.25) is 9.48 Å². The van der Waals surface area contributed by atoms with Crippen molar-refractivity contribution in [2.75, 3.05) is 5.73 Å². The van der Waals surface area contributed by atoms with Crippen LogP contribution in [0.5, 0.6) is 5.75 Å². The van der Waals surface area contributed by atoms with Crippen LogP contribution in [0.1, 0.15) is 16.1 Å². The Kier molecular flexibility index (Phi) is 3.64. The van der Waals surface area contributed by atoms with Crippen LogP contribution in [-0.2, 0) is 7.05 Å². The van der Waals surface area contributed by atoms with E-state index in [-0.39, 0.29) is 23.0 Å². The van der Waals surface area contributed by atoms with Gasteiger partial charge in [-0.15, -0.1) is 0 Å². The van der Waals surface area contributed by atoms with Crippen LogP contribution in [0.2, 0.25) is 0 Å². The van der Waals surface area contributed by atoms with Gasteiger partial charge in [0.2, 0.25) is 0 Å². The van der Waals surface area contributed by atoms with Crippen LogP contribution in [0.3, 0.4) is 0 Å². The smallest absolute Gasteiger partial charge is 0.269 e. The standard InChI is InChI=1S/C16H16N6O2/c1-8-3-4-10(23)5-11(8)13-12(17)14(15(18)24)21-16(20-13)9-6-19-22(2)7-9/h3-7,23H,17H2,1-2H3,(H2,18,24). The van der Waals surface area contributed by atoms with E-state index in [1.165, 1.54) is 6.07 Å². The Morgan fingerprint density at radius 1 is 1.29 bits per heavy atom. The average Bonchev–Trinajstić information content (AvgIpc) is 2.96. The van der Waals surface area contributed by atoms with Crippen molar-refractivity contribution in [3.63, 3.8) is 0 Å². The lowest BCUT2D eigenvalue weighted by Gasteiger charge is -2.12. The van der Waals surface area contributed by atoms with E-state index in [4.69, 9.17) is 11.5 Å². The number of carbonyl (C=O) groups is 1. The molecule has 0 aliphatic heterocycles. The fourth-order valence-corrected chi connectivity index (χ4v) is 2.39. The first-order valence-electron chi connectivity index (χ1n) is 7.13. The molecule has 1 aromatic carbocycles. The number of carbonyl (C=O) groups excluding carboxylic acids is 1. The molecule has 8 heteroatoms. The maximum atomic E-state index is 11.7. The third-order valence-corrected chi connectivity index (χ3v) is 3.62. The van der Waals surface area contributed by atoms with Crippen LogP contribution in [0.4, 0.5) is 5.69 Å². The summed E-state index contributed by atoms with van der Waals surface area (Å²) in [5, 5.41) is 13.8. The van der Waals surface area contributed by atoms with Crippen molar-refractivity contribution in [3.8, 4) is 28.4 Å². The summed E-state index contributed by atoms with van der Waals surface area (Å²) in [5.74, 6) is -0.403. The van der Waals surface area contributed by atoms with E-state index in [1.54, 1.807) is 36.3 Å². The Balaban J connectivity index is 2.30. The lowest BCUT2D eigenvalue weighted by molar-refractivity contribution is 0.0996. The zero-order chi connectivity index (χ0) is 17.4. The molecule has 122 valence electrons. The van der Waals surface area contributed by atoms with Gasteiger partial charge < -0.3 is 16.6 Å². The summed E-state index contributed by atoms with van der Waals surface area (Å²) in [6, 6.07) is 4.83. The molecule has 0 fully saturated rings. The molecule has 8 nitrogen and oxygen atoms in total. The molecule has 0 atom stereocenters. The number of anilines is 1. The Labute approximate surface area is 137 Å². The molecule has 24 heavy (non-hydrogen) atoms. The van der Waals surface area contributed by atoms with Crippen molar-refractivity contribution < 1.29 is 9.90 Å². The molecule has 0 aliphatic carbocycles. The molecular formula is C16H16N6O2. The van der Waals surface area contributed by atoms with E-state index in [9.17, 15) is 9.90 Å². The van der Waals surface area contributed by atoms with Gasteiger partial charge in [0, 0.05) is 18.8 Å². The number of nitrogens with two attached hydrogens (primary N) is 2. The summed E-state index contributed by atoms with van der Waals surface area (Å²) in [5.41, 5.74) is 13.9. The second-order valence-electron chi connectivity index (χ2n) is 5.42. The van der Waals surface area contributed by atoms with Gasteiger partial charge in [-0.1, -0.05) is 6.07 Å². The molecule has 0 aliphatic rings. The topological polar surface area (TPSA) is 133 Å². The van der Waals surface area contributed by atoms with Crippen molar-refractivity contribution in [2.24, 2.45) is 12.8 Å². The highest BCUT2D eigenvalue weighted by Crippen LogP contribution is 2.32. The number of aryl methyl sites for hydroxylation is 2. The van der Waals surface area contributed by atoms with Gasteiger partial charge in [-0.25, -0.2) is 9.97 Å². The number of phenols is 1.